The molecular weight excluding hydrogens is 530 g/mol. The van der Waals surface area contributed by atoms with Crippen LogP contribution in [0.1, 0.15) is 43.7 Å². The van der Waals surface area contributed by atoms with Crippen molar-refractivity contribution in [3.8, 4) is 11.4 Å². The summed E-state index contributed by atoms with van der Waals surface area (Å²) in [4.78, 5) is 17.5. The molecule has 3 heterocycles. The van der Waals surface area contributed by atoms with E-state index >= 15 is 0 Å². The minimum absolute atomic E-state index is 0.0810. The van der Waals surface area contributed by atoms with Gasteiger partial charge in [-0.1, -0.05) is 36.8 Å². The standard InChI is InChI=1S/C33H39N5O4/c1-4-25(3)38-33(39)37(23-34-38)29-11-9-27(10-12-29)35-17-19-36(20-18-35)28-13-15-30(16-14-28)40-21-31-22-41-32(42-31)26-7-5-24(2)6-8-26/h5-16,23,25,31-32H,4,17-22H2,1-3H3/t25?,31-,32-/m1/s1. The highest BCUT2D eigenvalue weighted by Gasteiger charge is 2.28. The van der Waals surface area contributed by atoms with E-state index < -0.39 is 0 Å². The van der Waals surface area contributed by atoms with Crippen LogP contribution in [0.3, 0.4) is 0 Å². The minimum Gasteiger partial charge on any atom is -0.491 e. The number of hydrogen-bond donors (Lipinski definition) is 0. The zero-order valence-corrected chi connectivity index (χ0v) is 24.6. The van der Waals surface area contributed by atoms with E-state index in [1.54, 1.807) is 15.6 Å². The number of aromatic nitrogens is 3. The molecule has 0 aliphatic carbocycles. The maximum atomic E-state index is 12.7. The predicted octanol–water partition coefficient (Wildman–Crippen LogP) is 5.13. The molecule has 9 heteroatoms. The second-order valence-electron chi connectivity index (χ2n) is 11.1. The van der Waals surface area contributed by atoms with Crippen molar-refractivity contribution in [2.24, 2.45) is 0 Å². The molecule has 0 bridgehead atoms. The van der Waals surface area contributed by atoms with Gasteiger partial charge in [0.05, 0.1) is 18.3 Å². The normalized spacial score (nSPS) is 19.7. The molecule has 42 heavy (non-hydrogen) atoms. The lowest BCUT2D eigenvalue weighted by Crippen LogP contribution is -2.46. The smallest absolute Gasteiger partial charge is 0.350 e. The first-order valence-electron chi connectivity index (χ1n) is 14.8. The molecule has 0 radical (unpaired) electrons. The molecular formula is C33H39N5O4. The third-order valence-corrected chi connectivity index (χ3v) is 8.21. The Balaban J connectivity index is 0.978. The zero-order valence-electron chi connectivity index (χ0n) is 24.6. The van der Waals surface area contributed by atoms with Crippen LogP contribution in [-0.4, -0.2) is 59.8 Å². The SMILES string of the molecule is CCC(C)n1ncn(-c2ccc(N3CCN(c4ccc(OC[C@@H]5CO[C@@H](c6ccc(C)cc6)O5)cc4)CC3)cc2)c1=O. The Kier molecular flexibility index (Phi) is 8.30. The summed E-state index contributed by atoms with van der Waals surface area (Å²) in [6.07, 6.45) is 2.04. The molecule has 220 valence electrons. The van der Waals surface area contributed by atoms with E-state index in [0.717, 1.165) is 55.3 Å². The van der Waals surface area contributed by atoms with Crippen LogP contribution < -0.4 is 20.2 Å². The van der Waals surface area contributed by atoms with E-state index in [9.17, 15) is 4.79 Å². The number of piperazine rings is 1. The van der Waals surface area contributed by atoms with E-state index in [4.69, 9.17) is 14.2 Å². The molecule has 1 aromatic heterocycles. The molecule has 2 aliphatic heterocycles. The van der Waals surface area contributed by atoms with Crippen LogP contribution in [0.15, 0.2) is 83.9 Å². The van der Waals surface area contributed by atoms with E-state index in [1.165, 1.54) is 11.3 Å². The highest BCUT2D eigenvalue weighted by molar-refractivity contribution is 5.54. The number of benzene rings is 3. The Labute approximate surface area is 246 Å². The molecule has 2 fully saturated rings. The first-order valence-corrected chi connectivity index (χ1v) is 14.8. The van der Waals surface area contributed by atoms with Crippen molar-refractivity contribution in [3.05, 3.63) is 101 Å². The second kappa shape index (κ2) is 12.4. The molecule has 3 atom stereocenters. The molecule has 2 saturated heterocycles. The summed E-state index contributed by atoms with van der Waals surface area (Å²) in [7, 11) is 0. The van der Waals surface area contributed by atoms with Crippen LogP contribution in [0.2, 0.25) is 0 Å². The zero-order chi connectivity index (χ0) is 29.1. The van der Waals surface area contributed by atoms with Gasteiger partial charge >= 0.3 is 5.69 Å². The van der Waals surface area contributed by atoms with Crippen molar-refractivity contribution in [2.45, 2.75) is 45.6 Å². The molecule has 1 unspecified atom stereocenters. The van der Waals surface area contributed by atoms with Gasteiger partial charge < -0.3 is 24.0 Å². The van der Waals surface area contributed by atoms with Crippen LogP contribution >= 0.6 is 0 Å². The van der Waals surface area contributed by atoms with Gasteiger partial charge in [-0.2, -0.15) is 5.10 Å². The third-order valence-electron chi connectivity index (χ3n) is 8.21. The van der Waals surface area contributed by atoms with Crippen molar-refractivity contribution in [3.63, 3.8) is 0 Å². The third kappa shape index (κ3) is 6.07. The quantitative estimate of drug-likeness (QED) is 0.277. The summed E-state index contributed by atoms with van der Waals surface area (Å²) >= 11 is 0. The van der Waals surface area contributed by atoms with Gasteiger partial charge in [-0.15, -0.1) is 0 Å². The lowest BCUT2D eigenvalue weighted by atomic mass is 10.1. The Morgan fingerprint density at radius 2 is 1.48 bits per heavy atom. The van der Waals surface area contributed by atoms with Crippen LogP contribution in [0, 0.1) is 6.92 Å². The average Bonchev–Trinajstić information content (AvgIpc) is 3.67. The topological polar surface area (TPSA) is 74.0 Å². The van der Waals surface area contributed by atoms with Gasteiger partial charge in [0.1, 0.15) is 24.8 Å². The maximum Gasteiger partial charge on any atom is 0.350 e. The largest absolute Gasteiger partial charge is 0.491 e. The average molecular weight is 570 g/mol. The number of hydrogen-bond acceptors (Lipinski definition) is 7. The Morgan fingerprint density at radius 1 is 0.881 bits per heavy atom. The van der Waals surface area contributed by atoms with Gasteiger partial charge in [0.25, 0.3) is 0 Å². The first-order chi connectivity index (χ1) is 20.5. The summed E-state index contributed by atoms with van der Waals surface area (Å²) in [5.74, 6) is 0.827. The minimum atomic E-state index is -0.331. The molecule has 6 rings (SSSR count). The van der Waals surface area contributed by atoms with E-state index in [2.05, 4.69) is 65.1 Å². The summed E-state index contributed by atoms with van der Waals surface area (Å²) in [6, 6.07) is 24.8. The monoisotopic (exact) mass is 569 g/mol. The van der Waals surface area contributed by atoms with Crippen molar-refractivity contribution in [1.82, 2.24) is 14.3 Å². The van der Waals surface area contributed by atoms with Crippen LogP contribution in [0.25, 0.3) is 5.69 Å². The lowest BCUT2D eigenvalue weighted by molar-refractivity contribution is -0.0659. The van der Waals surface area contributed by atoms with Crippen molar-refractivity contribution < 1.29 is 14.2 Å². The molecule has 0 N–H and O–H groups in total. The summed E-state index contributed by atoms with van der Waals surface area (Å²) < 4.78 is 21.1. The molecule has 0 amide bonds. The second-order valence-corrected chi connectivity index (χ2v) is 11.1. The highest BCUT2D eigenvalue weighted by atomic mass is 16.7. The Morgan fingerprint density at radius 3 is 2.10 bits per heavy atom. The predicted molar refractivity (Wildman–Crippen MR) is 164 cm³/mol. The highest BCUT2D eigenvalue weighted by Crippen LogP contribution is 2.28. The number of rotatable bonds is 9. The van der Waals surface area contributed by atoms with Crippen molar-refractivity contribution in [2.75, 3.05) is 49.2 Å². The Hall–Kier alpha value is -4.08. The molecule has 0 spiro atoms. The van der Waals surface area contributed by atoms with Crippen LogP contribution in [-0.2, 0) is 9.47 Å². The summed E-state index contributed by atoms with van der Waals surface area (Å²) in [5.41, 5.74) is 5.33. The summed E-state index contributed by atoms with van der Waals surface area (Å²) in [6.45, 7) is 10.8. The van der Waals surface area contributed by atoms with Gasteiger partial charge in [-0.3, -0.25) is 0 Å². The van der Waals surface area contributed by atoms with Crippen molar-refractivity contribution in [1.29, 1.82) is 0 Å². The maximum absolute atomic E-state index is 12.7. The van der Waals surface area contributed by atoms with E-state index in [-0.39, 0.29) is 24.1 Å². The fourth-order valence-corrected chi connectivity index (χ4v) is 5.39. The molecule has 9 nitrogen and oxygen atoms in total. The number of anilines is 2. The number of ether oxygens (including phenoxy) is 3. The number of aryl methyl sites for hydroxylation is 1. The van der Waals surface area contributed by atoms with Gasteiger partial charge in [-0.05, 0) is 68.8 Å². The number of nitrogens with zero attached hydrogens (tertiary/aromatic N) is 5. The van der Waals surface area contributed by atoms with Crippen molar-refractivity contribution >= 4 is 11.4 Å². The first kappa shape index (κ1) is 28.1. The van der Waals surface area contributed by atoms with Crippen LogP contribution in [0.4, 0.5) is 11.4 Å². The fourth-order valence-electron chi connectivity index (χ4n) is 5.39. The molecule has 4 aromatic rings. The lowest BCUT2D eigenvalue weighted by Gasteiger charge is -2.37. The molecule has 2 aliphatic rings. The van der Waals surface area contributed by atoms with E-state index in [0.29, 0.717) is 13.2 Å². The van der Waals surface area contributed by atoms with E-state index in [1.807, 2.05) is 43.3 Å². The van der Waals surface area contributed by atoms with Gasteiger partial charge in [0.15, 0.2) is 6.29 Å². The van der Waals surface area contributed by atoms with Gasteiger partial charge in [0, 0.05) is 43.1 Å². The van der Waals surface area contributed by atoms with Gasteiger partial charge in [0.2, 0.25) is 0 Å². The summed E-state index contributed by atoms with van der Waals surface area (Å²) in [5, 5.41) is 4.29. The van der Waals surface area contributed by atoms with Gasteiger partial charge in [-0.25, -0.2) is 14.0 Å². The fraction of sp³-hybridized carbons (Fsp3) is 0.394. The molecule has 3 aromatic carbocycles. The Bertz CT molecular complexity index is 1510. The van der Waals surface area contributed by atoms with Crippen LogP contribution in [0.5, 0.6) is 5.75 Å². The molecule has 0 saturated carbocycles.